The first-order valence-electron chi connectivity index (χ1n) is 46.7. The second-order valence-electron chi connectivity index (χ2n) is 39.4. The smallest absolute Gasteiger partial charge is 0.201 e. The van der Waals surface area contributed by atoms with Gasteiger partial charge in [0.2, 0.25) is 28.5 Å². The fourth-order valence-electron chi connectivity index (χ4n) is 16.0. The average Bonchev–Trinajstić information content (AvgIpc) is 0.773. The van der Waals surface area contributed by atoms with E-state index in [4.69, 9.17) is 8.22 Å². The molecule has 0 N–H and O–H groups in total. The zero-order valence-corrected chi connectivity index (χ0v) is 80.4. The SMILES string of the molecule is C.C.C.C.C.CCC(C)(C)c1c[n+](C)c(-c2ccc(C)cc2C)cc1C.CCC(C)(C)c1cc(-c2ccc(C)cc2C)[n+](C)cc1C(C)(C)CC.CCC(C)(C)c1cc(-c2ccccc2C)[n+](C)cc1C(C)(C)CC.[2H]C([2H])([2H])c1ccc(-c2cc(C(C)(C)CC)c(C(C)(C)CC)c[n+]2C)c(C)c1.[2H]C([2H])([2H])c1ccc(-c2cc(C)c(C(C)(C)CC)c[n+]2C)c(C)c1. The second kappa shape index (κ2) is 44.4. The fraction of sp³-hybridized carbons (Fsp3) is 0.526. The number of benzene rings is 5. The molecule has 0 saturated carbocycles. The maximum Gasteiger partial charge on any atom is 0.212 e. The lowest BCUT2D eigenvalue weighted by atomic mass is 9.71. The highest BCUT2D eigenvalue weighted by molar-refractivity contribution is 5.67. The summed E-state index contributed by atoms with van der Waals surface area (Å²) in [5.74, 6) is 0. The number of hydrogen-bond donors (Lipinski definition) is 0. The van der Waals surface area contributed by atoms with Crippen molar-refractivity contribution in [3.8, 4) is 56.3 Å². The molecule has 0 aliphatic rings. The molecule has 10 rings (SSSR count). The molecular weight excluding hydrogens is 1460 g/mol. The van der Waals surface area contributed by atoms with Crippen LogP contribution in [0.15, 0.2) is 158 Å². The third-order valence-corrected chi connectivity index (χ3v) is 27.4. The van der Waals surface area contributed by atoms with Crippen LogP contribution in [-0.2, 0) is 78.6 Å². The van der Waals surface area contributed by atoms with E-state index in [2.05, 4.69) is 395 Å². The molecule has 0 radical (unpaired) electrons. The van der Waals surface area contributed by atoms with E-state index in [9.17, 15) is 0 Å². The van der Waals surface area contributed by atoms with E-state index in [0.717, 1.165) is 85.0 Å². The highest BCUT2D eigenvalue weighted by atomic mass is 14.9. The molecule has 5 heterocycles. The molecule has 0 unspecified atom stereocenters. The van der Waals surface area contributed by atoms with Gasteiger partial charge in [-0.05, 0) is 257 Å². The normalized spacial score (nSPS) is 12.7. The molecule has 0 atom stereocenters. The third kappa shape index (κ3) is 26.2. The predicted molar refractivity (Wildman–Crippen MR) is 538 cm³/mol. The Balaban J connectivity index is 0.000000788. The number of nitrogens with zero attached hydrogens (tertiary/aromatic N) is 5. The van der Waals surface area contributed by atoms with E-state index in [0.29, 0.717) is 11.1 Å². The van der Waals surface area contributed by atoms with Gasteiger partial charge in [-0.3, -0.25) is 0 Å². The number of hydrogen-bond acceptors (Lipinski definition) is 0. The van der Waals surface area contributed by atoms with Gasteiger partial charge in [0.15, 0.2) is 31.0 Å². The monoisotopic (exact) mass is 1650 g/mol. The Labute approximate surface area is 756 Å². The summed E-state index contributed by atoms with van der Waals surface area (Å²) in [6.45, 7) is 70.7. The highest BCUT2D eigenvalue weighted by Crippen LogP contribution is 2.44. The van der Waals surface area contributed by atoms with Crippen molar-refractivity contribution in [2.75, 3.05) is 0 Å². The molecule has 5 aromatic carbocycles. The lowest BCUT2D eigenvalue weighted by molar-refractivity contribution is -0.661. The standard InChI is InChI=1S/2C24H36N.C23H34N.2C20H28N.5CH4/c2*1-10-23(5,6)20-15-22(19-13-12-17(3)14-18(19)4)25(9)16-21(20)24(7,8)11-2;1-9-22(4,5)19-15-21(18-14-12-11-13-17(18)3)24(8)16-20(19)23(6,7)10-2;2*1-8-20(5,6)18-13-21(7)19(12-16(18)4)17-10-9-14(2)11-15(17)3;;;;;/h2*12-16H,10-11H2,1-9H3;11-16H,9-10H2,1-8H3;2*9-13H,8H2,1-7H3;5*1H4/q5*+1;;;;;/i3D3;;;2D3;;;;;;. The molecule has 0 saturated heterocycles. The van der Waals surface area contributed by atoms with Crippen molar-refractivity contribution in [3.05, 3.63) is 264 Å². The molecule has 5 aromatic heterocycles. The minimum absolute atomic E-state index is 0. The van der Waals surface area contributed by atoms with Crippen molar-refractivity contribution in [3.63, 3.8) is 0 Å². The summed E-state index contributed by atoms with van der Waals surface area (Å²) in [6, 6.07) is 44.8. The van der Waals surface area contributed by atoms with Gasteiger partial charge >= 0.3 is 0 Å². The van der Waals surface area contributed by atoms with Crippen LogP contribution in [0.5, 0.6) is 0 Å². The van der Waals surface area contributed by atoms with Gasteiger partial charge in [0, 0.05) is 94.2 Å². The van der Waals surface area contributed by atoms with E-state index in [1.807, 2.05) is 26.0 Å². The molecular formula is C116H182N5+5. The predicted octanol–water partition coefficient (Wildman–Crippen LogP) is 31.0. The van der Waals surface area contributed by atoms with Crippen LogP contribution >= 0.6 is 0 Å². The molecule has 0 amide bonds. The Morgan fingerprint density at radius 3 is 0.628 bits per heavy atom. The molecule has 0 bridgehead atoms. The zero-order chi connectivity index (χ0) is 92.7. The van der Waals surface area contributed by atoms with Crippen LogP contribution in [0, 0.1) is 76.0 Å². The van der Waals surface area contributed by atoms with Crippen LogP contribution in [0.25, 0.3) is 56.3 Å². The molecule has 666 valence electrons. The summed E-state index contributed by atoms with van der Waals surface area (Å²) in [7, 11) is 10.7. The lowest BCUT2D eigenvalue weighted by Gasteiger charge is -2.32. The Morgan fingerprint density at radius 2 is 0.405 bits per heavy atom. The van der Waals surface area contributed by atoms with Gasteiger partial charge in [-0.2, -0.15) is 0 Å². The van der Waals surface area contributed by atoms with Crippen molar-refractivity contribution in [1.29, 1.82) is 0 Å². The highest BCUT2D eigenvalue weighted by Gasteiger charge is 2.38. The Bertz CT molecular complexity index is 5300. The van der Waals surface area contributed by atoms with Gasteiger partial charge in [0.1, 0.15) is 35.2 Å². The molecule has 0 fully saturated rings. The van der Waals surface area contributed by atoms with Crippen LogP contribution in [0.1, 0.15) is 369 Å². The van der Waals surface area contributed by atoms with Crippen LogP contribution in [0.3, 0.4) is 0 Å². The number of pyridine rings is 5. The zero-order valence-electron chi connectivity index (χ0n) is 86.4. The lowest BCUT2D eigenvalue weighted by Crippen LogP contribution is -2.37. The summed E-state index contributed by atoms with van der Waals surface area (Å²) < 4.78 is 57.0. The van der Waals surface area contributed by atoms with E-state index < -0.39 is 13.7 Å². The van der Waals surface area contributed by atoms with Crippen molar-refractivity contribution in [2.24, 2.45) is 35.2 Å². The largest absolute Gasteiger partial charge is 0.212 e. The van der Waals surface area contributed by atoms with E-state index >= 15 is 0 Å². The molecule has 5 heteroatoms. The summed E-state index contributed by atoms with van der Waals surface area (Å²) in [5, 5.41) is 0. The molecule has 0 aliphatic carbocycles. The molecule has 10 aromatic rings. The first kappa shape index (κ1) is 99.9. The van der Waals surface area contributed by atoms with Gasteiger partial charge in [-0.1, -0.05) is 292 Å². The van der Waals surface area contributed by atoms with Crippen LogP contribution in [-0.4, -0.2) is 0 Å². The number of aryl methyl sites for hydroxylation is 16. The van der Waals surface area contributed by atoms with E-state index in [1.54, 1.807) is 24.3 Å². The van der Waals surface area contributed by atoms with Crippen LogP contribution in [0.4, 0.5) is 0 Å². The average molecular weight is 1650 g/mol. The first-order valence-corrected chi connectivity index (χ1v) is 43.7. The van der Waals surface area contributed by atoms with Crippen molar-refractivity contribution >= 4 is 0 Å². The summed E-state index contributed by atoms with van der Waals surface area (Å²) in [6.07, 6.45) is 20.5. The van der Waals surface area contributed by atoms with Crippen molar-refractivity contribution in [2.45, 2.75) is 374 Å². The Hall–Kier alpha value is -8.15. The Kier molecular flexibility index (Phi) is 36.7. The van der Waals surface area contributed by atoms with Gasteiger partial charge in [-0.25, -0.2) is 22.8 Å². The molecule has 121 heavy (non-hydrogen) atoms. The maximum atomic E-state index is 7.67. The van der Waals surface area contributed by atoms with Gasteiger partial charge < -0.3 is 0 Å². The summed E-state index contributed by atoms with van der Waals surface area (Å²) in [5.41, 5.74) is 37.2. The minimum Gasteiger partial charge on any atom is -0.201 e. The third-order valence-electron chi connectivity index (χ3n) is 27.4. The quantitative estimate of drug-likeness (QED) is 0.0639. The molecule has 5 nitrogen and oxygen atoms in total. The second-order valence-corrected chi connectivity index (χ2v) is 39.4. The minimum atomic E-state index is -2.07. The summed E-state index contributed by atoms with van der Waals surface area (Å²) in [4.78, 5) is 0. The van der Waals surface area contributed by atoms with Crippen molar-refractivity contribution in [1.82, 2.24) is 0 Å². The van der Waals surface area contributed by atoms with E-state index in [-0.39, 0.29) is 80.5 Å². The number of rotatable bonds is 21. The van der Waals surface area contributed by atoms with Crippen molar-refractivity contribution < 1.29 is 31.1 Å². The Morgan fingerprint density at radius 1 is 0.215 bits per heavy atom. The van der Waals surface area contributed by atoms with Gasteiger partial charge in [-0.15, -0.1) is 0 Å². The molecule has 0 spiro atoms. The molecule has 0 aliphatic heterocycles. The van der Waals surface area contributed by atoms with E-state index in [1.165, 1.54) is 117 Å². The fourth-order valence-corrected chi connectivity index (χ4v) is 16.0. The van der Waals surface area contributed by atoms with Gasteiger partial charge in [0.25, 0.3) is 0 Å². The van der Waals surface area contributed by atoms with Gasteiger partial charge in [0.05, 0.1) is 0 Å². The topological polar surface area (TPSA) is 19.4 Å². The van der Waals surface area contributed by atoms with Crippen LogP contribution in [0.2, 0.25) is 0 Å². The maximum absolute atomic E-state index is 7.67. The van der Waals surface area contributed by atoms with Crippen LogP contribution < -0.4 is 22.8 Å². The number of aromatic nitrogens is 5. The summed E-state index contributed by atoms with van der Waals surface area (Å²) >= 11 is 0. The first-order chi connectivity index (χ1) is 56.1.